The fourth-order valence-electron chi connectivity index (χ4n) is 15.5. The van der Waals surface area contributed by atoms with Crippen molar-refractivity contribution in [1.29, 1.82) is 0 Å². The average Bonchev–Trinajstić information content (AvgIpc) is 1.55. The van der Waals surface area contributed by atoms with Gasteiger partial charge in [-0.05, 0) is 123 Å². The SMILES string of the molecule is CC1(C)c2ccc(-c3ccc(-c4nc(-c5ccccc5)nc(-c5ccc(-c6ccccc6)cc5)n4)cc3)cc2-c2c1ccc1ccccc21.c1ccc(-c2ccc(-c3nc(-c4ccccc4)nc(-c4ccc(-c5ccc6c(c5)-c5ccccc5C6(c5ccccc5)c5ccccc5)cc4)n3)cc2)cc1. The summed E-state index contributed by atoms with van der Waals surface area (Å²) in [5.74, 6) is 3.89. The first-order valence-corrected chi connectivity index (χ1v) is 35.5. The Hall–Kier alpha value is -13.4. The van der Waals surface area contributed by atoms with Crippen LogP contribution < -0.4 is 0 Å². The summed E-state index contributed by atoms with van der Waals surface area (Å²) in [5, 5.41) is 2.59. The maximum atomic E-state index is 5.03. The second-order valence-corrected chi connectivity index (χ2v) is 27.3. The topological polar surface area (TPSA) is 77.3 Å². The first-order valence-electron chi connectivity index (χ1n) is 35.5. The smallest absolute Gasteiger partial charge is 0.164 e. The molecule has 490 valence electrons. The van der Waals surface area contributed by atoms with E-state index in [1.54, 1.807) is 0 Å². The molecule has 2 aromatic heterocycles. The predicted octanol–water partition coefficient (Wildman–Crippen LogP) is 24.2. The largest absolute Gasteiger partial charge is 0.208 e. The van der Waals surface area contributed by atoms with E-state index in [9.17, 15) is 0 Å². The van der Waals surface area contributed by atoms with E-state index < -0.39 is 5.41 Å². The Morgan fingerprint density at radius 2 is 0.471 bits per heavy atom. The molecule has 6 nitrogen and oxygen atoms in total. The molecule has 2 heterocycles. The third kappa shape index (κ3) is 11.5. The first-order chi connectivity index (χ1) is 51.3. The van der Waals surface area contributed by atoms with Crippen molar-refractivity contribution < 1.29 is 0 Å². The van der Waals surface area contributed by atoms with Crippen LogP contribution in [0.15, 0.2) is 376 Å². The van der Waals surface area contributed by atoms with Crippen molar-refractivity contribution in [2.75, 3.05) is 0 Å². The van der Waals surface area contributed by atoms with Crippen LogP contribution in [0.1, 0.15) is 47.2 Å². The van der Waals surface area contributed by atoms with Gasteiger partial charge >= 0.3 is 0 Å². The van der Waals surface area contributed by atoms with Gasteiger partial charge < -0.3 is 0 Å². The summed E-state index contributed by atoms with van der Waals surface area (Å²) in [5.41, 5.74) is 27.7. The van der Waals surface area contributed by atoms with E-state index in [0.29, 0.717) is 34.9 Å². The van der Waals surface area contributed by atoms with E-state index in [1.165, 1.54) is 83.1 Å². The summed E-state index contributed by atoms with van der Waals surface area (Å²) >= 11 is 0. The molecule has 0 saturated carbocycles. The van der Waals surface area contributed by atoms with E-state index >= 15 is 0 Å². The van der Waals surface area contributed by atoms with E-state index in [-0.39, 0.29) is 5.41 Å². The van der Waals surface area contributed by atoms with Crippen LogP contribution in [-0.2, 0) is 10.8 Å². The number of nitrogens with zero attached hydrogens (tertiary/aromatic N) is 6. The Balaban J connectivity index is 0.000000149. The Morgan fingerprint density at radius 3 is 0.894 bits per heavy atom. The van der Waals surface area contributed by atoms with Crippen LogP contribution in [0.25, 0.3) is 146 Å². The number of aromatic nitrogens is 6. The van der Waals surface area contributed by atoms with Gasteiger partial charge in [0.2, 0.25) is 0 Å². The van der Waals surface area contributed by atoms with Gasteiger partial charge in [-0.2, -0.15) is 0 Å². The van der Waals surface area contributed by atoms with Crippen LogP contribution in [0.3, 0.4) is 0 Å². The molecular formula is C98H68N6. The first kappa shape index (κ1) is 62.8. The van der Waals surface area contributed by atoms with Gasteiger partial charge in [0, 0.05) is 38.8 Å². The molecule has 0 radical (unpaired) electrons. The van der Waals surface area contributed by atoms with Crippen LogP contribution in [0.5, 0.6) is 0 Å². The summed E-state index contributed by atoms with van der Waals surface area (Å²) in [4.78, 5) is 29.9. The maximum absolute atomic E-state index is 5.03. The summed E-state index contributed by atoms with van der Waals surface area (Å²) in [6.07, 6.45) is 0. The quantitative estimate of drug-likeness (QED) is 0.121. The maximum Gasteiger partial charge on any atom is 0.164 e. The third-order valence-electron chi connectivity index (χ3n) is 20.8. The van der Waals surface area contributed by atoms with Gasteiger partial charge in [0.05, 0.1) is 5.41 Å². The van der Waals surface area contributed by atoms with Crippen molar-refractivity contribution in [3.05, 3.63) is 409 Å². The lowest BCUT2D eigenvalue weighted by Crippen LogP contribution is -2.28. The molecule has 0 unspecified atom stereocenters. The van der Waals surface area contributed by atoms with Crippen LogP contribution >= 0.6 is 0 Å². The minimum absolute atomic E-state index is 0.0498. The van der Waals surface area contributed by atoms with Gasteiger partial charge in [-0.3, -0.25) is 0 Å². The Kier molecular flexibility index (Phi) is 16.1. The van der Waals surface area contributed by atoms with Gasteiger partial charge in [-0.1, -0.05) is 378 Å². The van der Waals surface area contributed by atoms with Crippen molar-refractivity contribution in [3.8, 4) is 135 Å². The number of benzene rings is 15. The molecule has 19 rings (SSSR count). The highest BCUT2D eigenvalue weighted by atomic mass is 15.0. The molecule has 104 heavy (non-hydrogen) atoms. The molecule has 2 aliphatic carbocycles. The molecule has 0 amide bonds. The molecule has 0 N–H and O–H groups in total. The highest BCUT2D eigenvalue weighted by Gasteiger charge is 2.46. The molecule has 0 bridgehead atoms. The molecule has 0 atom stereocenters. The monoisotopic (exact) mass is 1330 g/mol. The number of fused-ring (bicyclic) bond motifs is 8. The zero-order valence-electron chi connectivity index (χ0n) is 57.5. The molecule has 6 heteroatoms. The van der Waals surface area contributed by atoms with E-state index in [4.69, 9.17) is 29.9 Å². The lowest BCUT2D eigenvalue weighted by Gasteiger charge is -2.33. The number of rotatable bonds is 12. The van der Waals surface area contributed by atoms with Crippen molar-refractivity contribution in [1.82, 2.24) is 29.9 Å². The van der Waals surface area contributed by atoms with Gasteiger partial charge in [0.15, 0.2) is 34.9 Å². The predicted molar refractivity (Wildman–Crippen MR) is 426 cm³/mol. The molecule has 2 aliphatic rings. The van der Waals surface area contributed by atoms with E-state index in [1.807, 2.05) is 72.8 Å². The molecule has 15 aromatic carbocycles. The molecular weight excluding hydrogens is 1260 g/mol. The van der Waals surface area contributed by atoms with Gasteiger partial charge in [0.25, 0.3) is 0 Å². The van der Waals surface area contributed by atoms with Crippen molar-refractivity contribution in [2.24, 2.45) is 0 Å². The molecule has 0 spiro atoms. The molecule has 0 aliphatic heterocycles. The summed E-state index contributed by atoms with van der Waals surface area (Å²) < 4.78 is 0. The fraction of sp³-hybridized carbons (Fsp3) is 0.0408. The van der Waals surface area contributed by atoms with Crippen LogP contribution in [-0.4, -0.2) is 29.9 Å². The van der Waals surface area contributed by atoms with E-state index in [2.05, 4.69) is 317 Å². The summed E-state index contributed by atoms with van der Waals surface area (Å²) in [6.45, 7) is 4.68. The third-order valence-corrected chi connectivity index (χ3v) is 20.8. The number of hydrogen-bond acceptors (Lipinski definition) is 6. The Labute approximate surface area is 606 Å². The summed E-state index contributed by atoms with van der Waals surface area (Å²) in [6, 6.07) is 133. The second-order valence-electron chi connectivity index (χ2n) is 27.3. The van der Waals surface area contributed by atoms with Gasteiger partial charge in [-0.25, -0.2) is 29.9 Å². The van der Waals surface area contributed by atoms with Gasteiger partial charge in [0.1, 0.15) is 0 Å². The molecule has 0 saturated heterocycles. The minimum Gasteiger partial charge on any atom is -0.208 e. The van der Waals surface area contributed by atoms with E-state index in [0.717, 1.165) is 61.2 Å². The Bertz CT molecular complexity index is 5950. The lowest BCUT2D eigenvalue weighted by atomic mass is 9.67. The van der Waals surface area contributed by atoms with Crippen molar-refractivity contribution in [2.45, 2.75) is 24.7 Å². The van der Waals surface area contributed by atoms with Crippen LogP contribution in [0.4, 0.5) is 0 Å². The van der Waals surface area contributed by atoms with Crippen LogP contribution in [0.2, 0.25) is 0 Å². The highest BCUT2D eigenvalue weighted by Crippen LogP contribution is 2.57. The average molecular weight is 1330 g/mol. The fourth-order valence-corrected chi connectivity index (χ4v) is 15.5. The second kappa shape index (κ2) is 26.6. The normalized spacial score (nSPS) is 12.7. The highest BCUT2D eigenvalue weighted by molar-refractivity contribution is 6.03. The van der Waals surface area contributed by atoms with Crippen molar-refractivity contribution >= 4 is 10.8 Å². The van der Waals surface area contributed by atoms with Gasteiger partial charge in [-0.15, -0.1) is 0 Å². The Morgan fingerprint density at radius 1 is 0.192 bits per heavy atom. The van der Waals surface area contributed by atoms with Crippen LogP contribution in [0, 0.1) is 0 Å². The lowest BCUT2D eigenvalue weighted by molar-refractivity contribution is 0.661. The standard InChI is InChI=1S/C52H35N3.C46H33N3/c1-5-15-36(16-6-1)37-25-29-40(30-26-37)50-53-49(39-17-7-2-8-18-39)54-51(55-50)41-31-27-38(28-32-41)42-33-34-48-46(35-42)45-23-13-14-24-47(45)52(48,43-19-9-3-10-20-43)44-21-11-4-12-22-44;1-46(2)40-27-26-37(29-39(40)42-38-16-10-9-13-33(38)25-28-41(42)46)32-19-23-36(24-20-32)45-48-43(34-14-7-4-8-15-34)47-44(49-45)35-21-17-31(18-22-35)30-11-5-3-6-12-30/h1-35H;3-29H,1-2H3. The molecule has 17 aromatic rings. The number of hydrogen-bond donors (Lipinski definition) is 0. The molecule has 0 fully saturated rings. The summed E-state index contributed by atoms with van der Waals surface area (Å²) in [7, 11) is 0. The zero-order valence-corrected chi connectivity index (χ0v) is 57.5. The van der Waals surface area contributed by atoms with Crippen molar-refractivity contribution in [3.63, 3.8) is 0 Å². The zero-order chi connectivity index (χ0) is 69.6. The minimum atomic E-state index is -0.411.